The van der Waals surface area contributed by atoms with Crippen molar-refractivity contribution in [2.24, 2.45) is 0 Å². The molecule has 0 aliphatic heterocycles. The first-order valence-corrected chi connectivity index (χ1v) is 7.53. The Morgan fingerprint density at radius 3 is 2.48 bits per heavy atom. The molecule has 6 heteroatoms. The third-order valence-corrected chi connectivity index (χ3v) is 3.39. The van der Waals surface area contributed by atoms with Gasteiger partial charge in [-0.15, -0.1) is 0 Å². The number of amides is 2. The van der Waals surface area contributed by atoms with Crippen LogP contribution in [0, 0.1) is 0 Å². The summed E-state index contributed by atoms with van der Waals surface area (Å²) in [6.07, 6.45) is 3.35. The van der Waals surface area contributed by atoms with Gasteiger partial charge in [-0.25, -0.2) is 4.79 Å². The van der Waals surface area contributed by atoms with Crippen molar-refractivity contribution in [3.05, 3.63) is 68.7 Å². The van der Waals surface area contributed by atoms with E-state index < -0.39 is 0 Å². The summed E-state index contributed by atoms with van der Waals surface area (Å²) in [6.45, 7) is 0. The van der Waals surface area contributed by atoms with Gasteiger partial charge in [-0.3, -0.25) is 0 Å². The maximum atomic E-state index is 11.7. The first kappa shape index (κ1) is 15.9. The Kier molecular flexibility index (Phi) is 5.67. The Labute approximate surface area is 141 Å². The predicted molar refractivity (Wildman–Crippen MR) is 91.8 cm³/mol. The number of nitrogens with one attached hydrogen (secondary N) is 2. The van der Waals surface area contributed by atoms with Crippen LogP contribution in [0.3, 0.4) is 0 Å². The van der Waals surface area contributed by atoms with Crippen LogP contribution < -0.4 is 10.6 Å². The van der Waals surface area contributed by atoms with E-state index in [1.807, 2.05) is 24.3 Å². The minimum atomic E-state index is -0.375. The summed E-state index contributed by atoms with van der Waals surface area (Å²) < 4.78 is 0.975. The molecule has 2 aromatic carbocycles. The molecule has 0 fully saturated rings. The summed E-state index contributed by atoms with van der Waals surface area (Å²) >= 11 is 15.1. The van der Waals surface area contributed by atoms with Crippen LogP contribution in [-0.2, 0) is 0 Å². The number of carbonyl (C=O) groups excluding carboxylic acids is 1. The Morgan fingerprint density at radius 2 is 1.81 bits per heavy atom. The average Bonchev–Trinajstić information content (AvgIpc) is 2.37. The Hall–Kier alpha value is -1.49. The summed E-state index contributed by atoms with van der Waals surface area (Å²) in [6, 6.07) is 12.2. The molecule has 0 aliphatic carbocycles. The highest BCUT2D eigenvalue weighted by Gasteiger charge is 2.02. The van der Waals surface area contributed by atoms with Gasteiger partial charge in [-0.1, -0.05) is 51.3 Å². The van der Waals surface area contributed by atoms with Gasteiger partial charge in [0, 0.05) is 26.4 Å². The molecule has 2 aromatic rings. The molecule has 3 nitrogen and oxygen atoms in total. The number of hydrogen-bond acceptors (Lipinski definition) is 1. The number of halogens is 3. The monoisotopic (exact) mass is 384 g/mol. The molecule has 108 valence electrons. The van der Waals surface area contributed by atoms with E-state index in [-0.39, 0.29) is 6.03 Å². The smallest absolute Gasteiger partial charge is 0.314 e. The van der Waals surface area contributed by atoms with Crippen LogP contribution in [0.25, 0.3) is 6.08 Å². The van der Waals surface area contributed by atoms with E-state index in [9.17, 15) is 4.79 Å². The second-order valence-electron chi connectivity index (χ2n) is 4.14. The molecule has 2 N–H and O–H groups in total. The highest BCUT2D eigenvalue weighted by Crippen LogP contribution is 2.22. The summed E-state index contributed by atoms with van der Waals surface area (Å²) in [4.78, 5) is 11.7. The van der Waals surface area contributed by atoms with Gasteiger partial charge in [0.25, 0.3) is 0 Å². The first-order chi connectivity index (χ1) is 10.0. The van der Waals surface area contributed by atoms with Gasteiger partial charge in [-0.2, -0.15) is 0 Å². The molecule has 0 atom stereocenters. The Balaban J connectivity index is 1.93. The number of benzene rings is 2. The normalized spacial score (nSPS) is 10.6. The Bertz CT molecular complexity index is 669. The summed E-state index contributed by atoms with van der Waals surface area (Å²) in [5, 5.41) is 6.17. The van der Waals surface area contributed by atoms with Crippen molar-refractivity contribution in [3.63, 3.8) is 0 Å². The van der Waals surface area contributed by atoms with Crippen LogP contribution in [0.5, 0.6) is 0 Å². The quantitative estimate of drug-likeness (QED) is 0.714. The molecule has 0 aliphatic rings. The van der Waals surface area contributed by atoms with Gasteiger partial charge in [0.15, 0.2) is 0 Å². The number of urea groups is 1. The number of rotatable bonds is 3. The van der Waals surface area contributed by atoms with Gasteiger partial charge < -0.3 is 10.6 Å². The topological polar surface area (TPSA) is 41.1 Å². The molecule has 0 radical (unpaired) electrons. The third kappa shape index (κ3) is 5.42. The van der Waals surface area contributed by atoms with Crippen molar-refractivity contribution < 1.29 is 4.79 Å². The van der Waals surface area contributed by atoms with E-state index in [1.165, 1.54) is 0 Å². The lowest BCUT2D eigenvalue weighted by Gasteiger charge is -2.05. The van der Waals surface area contributed by atoms with Gasteiger partial charge in [-0.05, 0) is 42.0 Å². The van der Waals surface area contributed by atoms with Crippen LogP contribution in [0.4, 0.5) is 10.5 Å². The zero-order valence-electron chi connectivity index (χ0n) is 10.7. The minimum absolute atomic E-state index is 0.375. The third-order valence-electron chi connectivity index (χ3n) is 2.46. The lowest BCUT2D eigenvalue weighted by Crippen LogP contribution is -2.23. The number of anilines is 1. The lowest BCUT2D eigenvalue weighted by molar-refractivity contribution is 0.255. The zero-order chi connectivity index (χ0) is 15.2. The largest absolute Gasteiger partial charge is 0.323 e. The van der Waals surface area contributed by atoms with Crippen molar-refractivity contribution in [2.45, 2.75) is 0 Å². The van der Waals surface area contributed by atoms with Crippen molar-refractivity contribution in [1.82, 2.24) is 5.32 Å². The second kappa shape index (κ2) is 7.50. The Morgan fingerprint density at radius 1 is 1.10 bits per heavy atom. The number of hydrogen-bond donors (Lipinski definition) is 2. The maximum Gasteiger partial charge on any atom is 0.323 e. The van der Waals surface area contributed by atoms with E-state index in [1.54, 1.807) is 30.5 Å². The molecule has 0 aromatic heterocycles. The molecule has 0 heterocycles. The maximum absolute atomic E-state index is 11.7. The fourth-order valence-electron chi connectivity index (χ4n) is 1.62. The van der Waals surface area contributed by atoms with Crippen molar-refractivity contribution in [2.75, 3.05) is 5.32 Å². The molecular formula is C15H11BrCl2N2O. The average molecular weight is 386 g/mol. The SMILES string of the molecule is O=C(N/C=C/c1cccc(Br)c1)Nc1cc(Cl)cc(Cl)c1. The second-order valence-corrected chi connectivity index (χ2v) is 5.93. The molecular weight excluding hydrogens is 375 g/mol. The van der Waals surface area contributed by atoms with Crippen LogP contribution in [0.2, 0.25) is 10.0 Å². The highest BCUT2D eigenvalue weighted by atomic mass is 79.9. The first-order valence-electron chi connectivity index (χ1n) is 5.99. The van der Waals surface area contributed by atoms with Crippen molar-refractivity contribution in [1.29, 1.82) is 0 Å². The highest BCUT2D eigenvalue weighted by molar-refractivity contribution is 9.10. The molecule has 21 heavy (non-hydrogen) atoms. The summed E-state index contributed by atoms with van der Waals surface area (Å²) in [7, 11) is 0. The minimum Gasteiger partial charge on any atom is -0.314 e. The van der Waals surface area contributed by atoms with Gasteiger partial charge in [0.2, 0.25) is 0 Å². The molecule has 0 saturated carbocycles. The van der Waals surface area contributed by atoms with E-state index in [0.29, 0.717) is 15.7 Å². The molecule has 0 bridgehead atoms. The van der Waals surface area contributed by atoms with Crippen LogP contribution >= 0.6 is 39.1 Å². The van der Waals surface area contributed by atoms with E-state index in [2.05, 4.69) is 26.6 Å². The molecule has 2 amide bonds. The molecule has 0 saturated heterocycles. The van der Waals surface area contributed by atoms with E-state index >= 15 is 0 Å². The van der Waals surface area contributed by atoms with E-state index in [4.69, 9.17) is 23.2 Å². The molecule has 0 spiro atoms. The van der Waals surface area contributed by atoms with Crippen LogP contribution in [-0.4, -0.2) is 6.03 Å². The molecule has 0 unspecified atom stereocenters. The van der Waals surface area contributed by atoms with Crippen molar-refractivity contribution >= 4 is 56.9 Å². The lowest BCUT2D eigenvalue weighted by atomic mass is 10.2. The van der Waals surface area contributed by atoms with Crippen LogP contribution in [0.15, 0.2) is 53.1 Å². The fourth-order valence-corrected chi connectivity index (χ4v) is 2.56. The van der Waals surface area contributed by atoms with Crippen molar-refractivity contribution in [3.8, 4) is 0 Å². The number of carbonyl (C=O) groups is 1. The van der Waals surface area contributed by atoms with Gasteiger partial charge >= 0.3 is 6.03 Å². The zero-order valence-corrected chi connectivity index (χ0v) is 13.8. The standard InChI is InChI=1S/C15H11BrCl2N2O/c16-11-3-1-2-10(6-11)4-5-19-15(21)20-14-8-12(17)7-13(18)9-14/h1-9H,(H2,19,20,21)/b5-4+. The van der Waals surface area contributed by atoms with Gasteiger partial charge in [0.05, 0.1) is 0 Å². The fraction of sp³-hybridized carbons (Fsp3) is 0. The van der Waals surface area contributed by atoms with E-state index in [0.717, 1.165) is 10.0 Å². The summed E-state index contributed by atoms with van der Waals surface area (Å²) in [5.41, 5.74) is 1.50. The van der Waals surface area contributed by atoms with Gasteiger partial charge in [0.1, 0.15) is 0 Å². The van der Waals surface area contributed by atoms with Crippen LogP contribution in [0.1, 0.15) is 5.56 Å². The summed E-state index contributed by atoms with van der Waals surface area (Å²) in [5.74, 6) is 0. The predicted octanol–water partition coefficient (Wildman–Crippen LogP) is 5.55. The molecule has 2 rings (SSSR count).